The van der Waals surface area contributed by atoms with Crippen molar-refractivity contribution < 1.29 is 17.4 Å². The Morgan fingerprint density at radius 1 is 1.29 bits per heavy atom. The normalized spacial score (nSPS) is 13.9. The van der Waals surface area contributed by atoms with E-state index in [0.29, 0.717) is 18.6 Å². The molecule has 0 heterocycles. The fourth-order valence-electron chi connectivity index (χ4n) is 0.828. The van der Waals surface area contributed by atoms with E-state index in [9.17, 15) is 17.4 Å². The van der Waals surface area contributed by atoms with E-state index in [1.165, 1.54) is 6.92 Å². The van der Waals surface area contributed by atoms with Gasteiger partial charge in [-0.1, -0.05) is 0 Å². The molecule has 0 aliphatic rings. The molecule has 0 aromatic rings. The average molecular weight is 240 g/mol. The SMILES string of the molecule is CC(=O)CCCS(=O)CCS(C)(=O)=O. The highest BCUT2D eigenvalue weighted by Crippen LogP contribution is 1.95. The van der Waals surface area contributed by atoms with Gasteiger partial charge in [0.1, 0.15) is 15.6 Å². The van der Waals surface area contributed by atoms with Gasteiger partial charge in [0.05, 0.1) is 5.75 Å². The van der Waals surface area contributed by atoms with Crippen LogP contribution < -0.4 is 0 Å². The molecule has 4 nitrogen and oxygen atoms in total. The summed E-state index contributed by atoms with van der Waals surface area (Å²) in [6.07, 6.45) is 2.12. The molecule has 0 aliphatic heterocycles. The Balaban J connectivity index is 3.62. The highest BCUT2D eigenvalue weighted by molar-refractivity contribution is 7.92. The molecule has 1 atom stereocenters. The van der Waals surface area contributed by atoms with Gasteiger partial charge in [-0.05, 0) is 13.3 Å². The van der Waals surface area contributed by atoms with Gasteiger partial charge in [0.2, 0.25) is 0 Å². The minimum absolute atomic E-state index is 0.0420. The maximum Gasteiger partial charge on any atom is 0.148 e. The Hall–Kier alpha value is -0.230. The third-order valence-corrected chi connectivity index (χ3v) is 4.19. The number of carbonyl (C=O) groups is 1. The Bertz CT molecular complexity index is 305. The molecule has 0 rings (SSSR count). The number of hydrogen-bond acceptors (Lipinski definition) is 4. The average Bonchev–Trinajstić information content (AvgIpc) is 1.99. The molecule has 6 heteroatoms. The maximum atomic E-state index is 11.2. The van der Waals surface area contributed by atoms with E-state index in [1.54, 1.807) is 0 Å². The zero-order valence-corrected chi connectivity index (χ0v) is 10.1. The lowest BCUT2D eigenvalue weighted by atomic mass is 10.3. The van der Waals surface area contributed by atoms with Crippen LogP contribution in [0.15, 0.2) is 0 Å². The second kappa shape index (κ2) is 6.29. The quantitative estimate of drug-likeness (QED) is 0.635. The first kappa shape index (κ1) is 13.8. The molecule has 14 heavy (non-hydrogen) atoms. The zero-order chi connectivity index (χ0) is 11.2. The second-order valence-electron chi connectivity index (χ2n) is 3.28. The molecule has 0 bridgehead atoms. The minimum Gasteiger partial charge on any atom is -0.300 e. The first-order valence-electron chi connectivity index (χ1n) is 4.33. The van der Waals surface area contributed by atoms with E-state index in [2.05, 4.69) is 0 Å². The molecule has 0 radical (unpaired) electrons. The summed E-state index contributed by atoms with van der Waals surface area (Å²) >= 11 is 0. The number of sulfone groups is 1. The molecule has 0 amide bonds. The van der Waals surface area contributed by atoms with Crippen molar-refractivity contribution in [2.75, 3.05) is 23.5 Å². The van der Waals surface area contributed by atoms with E-state index >= 15 is 0 Å². The predicted octanol–water partition coefficient (Wildman–Crippen LogP) is 0.149. The molecule has 0 saturated heterocycles. The fraction of sp³-hybridized carbons (Fsp3) is 0.875. The van der Waals surface area contributed by atoms with E-state index < -0.39 is 20.6 Å². The summed E-state index contributed by atoms with van der Waals surface area (Å²) in [4.78, 5) is 10.5. The Labute approximate surface area is 87.5 Å². The Morgan fingerprint density at radius 2 is 1.86 bits per heavy atom. The van der Waals surface area contributed by atoms with Crippen LogP contribution in [0, 0.1) is 0 Å². The molecular formula is C8H16O4S2. The van der Waals surface area contributed by atoms with Crippen LogP contribution in [0.5, 0.6) is 0 Å². The van der Waals surface area contributed by atoms with Crippen molar-refractivity contribution >= 4 is 26.4 Å². The van der Waals surface area contributed by atoms with Gasteiger partial charge in [-0.25, -0.2) is 8.42 Å². The van der Waals surface area contributed by atoms with Crippen LogP contribution in [0.4, 0.5) is 0 Å². The van der Waals surface area contributed by atoms with Gasteiger partial charge in [0.15, 0.2) is 0 Å². The molecule has 0 fully saturated rings. The van der Waals surface area contributed by atoms with Gasteiger partial charge >= 0.3 is 0 Å². The van der Waals surface area contributed by atoms with Crippen LogP contribution >= 0.6 is 0 Å². The van der Waals surface area contributed by atoms with Crippen molar-refractivity contribution in [2.45, 2.75) is 19.8 Å². The highest BCUT2D eigenvalue weighted by atomic mass is 32.2. The summed E-state index contributed by atoms with van der Waals surface area (Å²) in [7, 11) is -4.13. The van der Waals surface area contributed by atoms with Crippen molar-refractivity contribution in [3.63, 3.8) is 0 Å². The molecule has 84 valence electrons. The molecule has 0 aliphatic carbocycles. The van der Waals surface area contributed by atoms with E-state index in [1.807, 2.05) is 0 Å². The third kappa shape index (κ3) is 9.85. The summed E-state index contributed by atoms with van der Waals surface area (Å²) in [5.41, 5.74) is 0. The first-order valence-corrected chi connectivity index (χ1v) is 7.88. The molecule has 1 unspecified atom stereocenters. The van der Waals surface area contributed by atoms with Gasteiger partial charge < -0.3 is 4.79 Å². The van der Waals surface area contributed by atoms with Crippen molar-refractivity contribution in [1.29, 1.82) is 0 Å². The number of Topliss-reactive ketones (excluding diaryl/α,β-unsaturated/α-hetero) is 1. The summed E-state index contributed by atoms with van der Waals surface area (Å²) in [5.74, 6) is 0.621. The van der Waals surface area contributed by atoms with Crippen molar-refractivity contribution in [2.24, 2.45) is 0 Å². The lowest BCUT2D eigenvalue weighted by Crippen LogP contribution is -2.13. The molecule has 0 spiro atoms. The number of ketones is 1. The Kier molecular flexibility index (Phi) is 6.19. The van der Waals surface area contributed by atoms with Crippen LogP contribution in [-0.4, -0.2) is 41.9 Å². The number of hydrogen-bond donors (Lipinski definition) is 0. The van der Waals surface area contributed by atoms with Crippen LogP contribution in [0.2, 0.25) is 0 Å². The van der Waals surface area contributed by atoms with E-state index in [4.69, 9.17) is 0 Å². The van der Waals surface area contributed by atoms with Crippen molar-refractivity contribution in [3.8, 4) is 0 Å². The predicted molar refractivity (Wildman–Crippen MR) is 57.5 cm³/mol. The minimum atomic E-state index is -3.02. The van der Waals surface area contributed by atoms with Crippen molar-refractivity contribution in [3.05, 3.63) is 0 Å². The number of carbonyl (C=O) groups excluding carboxylic acids is 1. The van der Waals surface area contributed by atoms with Gasteiger partial charge in [-0.2, -0.15) is 0 Å². The fourth-order valence-corrected chi connectivity index (χ4v) is 3.45. The highest BCUT2D eigenvalue weighted by Gasteiger charge is 2.06. The standard InChI is InChI=1S/C8H16O4S2/c1-8(9)4-3-5-13(10)6-7-14(2,11)12/h3-7H2,1-2H3. The summed E-state index contributed by atoms with van der Waals surface area (Å²) in [5, 5.41) is 0. The molecular weight excluding hydrogens is 224 g/mol. The van der Waals surface area contributed by atoms with E-state index in [-0.39, 0.29) is 17.3 Å². The topological polar surface area (TPSA) is 68.3 Å². The molecule has 0 aromatic carbocycles. The van der Waals surface area contributed by atoms with Gasteiger partial charge in [-0.15, -0.1) is 0 Å². The lowest BCUT2D eigenvalue weighted by Gasteiger charge is -1.99. The summed E-state index contributed by atoms with van der Waals surface area (Å²) < 4.78 is 32.7. The van der Waals surface area contributed by atoms with Crippen LogP contribution in [0.1, 0.15) is 19.8 Å². The largest absolute Gasteiger partial charge is 0.300 e. The maximum absolute atomic E-state index is 11.2. The first-order chi connectivity index (χ1) is 6.31. The number of rotatable bonds is 7. The van der Waals surface area contributed by atoms with Crippen LogP contribution in [0.3, 0.4) is 0 Å². The van der Waals surface area contributed by atoms with Crippen LogP contribution in [-0.2, 0) is 25.4 Å². The monoisotopic (exact) mass is 240 g/mol. The van der Waals surface area contributed by atoms with Crippen LogP contribution in [0.25, 0.3) is 0 Å². The summed E-state index contributed by atoms with van der Waals surface area (Å²) in [6, 6.07) is 0. The Morgan fingerprint density at radius 3 is 2.29 bits per heavy atom. The van der Waals surface area contributed by atoms with E-state index in [0.717, 1.165) is 6.26 Å². The second-order valence-corrected chi connectivity index (χ2v) is 7.24. The molecule has 0 aromatic heterocycles. The molecule has 0 N–H and O–H groups in total. The van der Waals surface area contributed by atoms with Gasteiger partial charge in [0.25, 0.3) is 0 Å². The van der Waals surface area contributed by atoms with Crippen molar-refractivity contribution in [1.82, 2.24) is 0 Å². The summed E-state index contributed by atoms with van der Waals surface area (Å²) in [6.45, 7) is 1.49. The third-order valence-electron chi connectivity index (χ3n) is 1.58. The van der Waals surface area contributed by atoms with Gasteiger partial charge in [-0.3, -0.25) is 4.21 Å². The van der Waals surface area contributed by atoms with Gasteiger partial charge in [0, 0.05) is 35.0 Å². The smallest absolute Gasteiger partial charge is 0.148 e. The molecule has 0 saturated carbocycles. The lowest BCUT2D eigenvalue weighted by molar-refractivity contribution is -0.117. The zero-order valence-electron chi connectivity index (χ0n) is 8.49.